The second-order valence-electron chi connectivity index (χ2n) is 7.08. The summed E-state index contributed by atoms with van der Waals surface area (Å²) in [6.07, 6.45) is -4.78. The second-order valence-corrected chi connectivity index (χ2v) is 7.08. The summed E-state index contributed by atoms with van der Waals surface area (Å²) in [7, 11) is 0. The number of alkyl halides is 3. The molecule has 160 valence electrons. The minimum absolute atomic E-state index is 0.0476. The van der Waals surface area contributed by atoms with Crippen molar-refractivity contribution in [2.24, 2.45) is 0 Å². The van der Waals surface area contributed by atoms with E-state index in [1.54, 1.807) is 12.1 Å². The molecule has 9 heteroatoms. The van der Waals surface area contributed by atoms with Gasteiger partial charge in [-0.25, -0.2) is 0 Å². The van der Waals surface area contributed by atoms with E-state index < -0.39 is 30.4 Å². The predicted octanol–water partition coefficient (Wildman–Crippen LogP) is 3.53. The van der Waals surface area contributed by atoms with Crippen molar-refractivity contribution < 1.29 is 27.6 Å². The van der Waals surface area contributed by atoms with Gasteiger partial charge < -0.3 is 4.90 Å². The molecule has 3 amide bonds. The first-order valence-electron chi connectivity index (χ1n) is 9.48. The Balaban J connectivity index is 1.62. The fourth-order valence-electron chi connectivity index (χ4n) is 3.34. The summed E-state index contributed by atoms with van der Waals surface area (Å²) in [6.45, 7) is -1.75. The maximum Gasteiger partial charge on any atom is 0.406 e. The fourth-order valence-corrected chi connectivity index (χ4v) is 3.34. The zero-order chi connectivity index (χ0) is 22.6. The number of benzene rings is 2. The molecule has 0 fully saturated rings. The van der Waals surface area contributed by atoms with E-state index in [0.29, 0.717) is 16.0 Å². The van der Waals surface area contributed by atoms with Crippen molar-refractivity contribution in [3.8, 4) is 6.07 Å². The highest BCUT2D eigenvalue weighted by Gasteiger charge is 2.35. The standard InChI is InChI=1S/C22H18F3N3O3/c23-22(24,25)14-27(13-16-9-7-15(12-26)8-10-16)19(29)6-3-11-28-20(30)17-4-1-2-5-18(17)21(28)31/h1-2,4-5,7-10H,3,6,11,13-14H2. The number of hydrogen-bond donors (Lipinski definition) is 0. The number of carbonyl (C=O) groups is 3. The molecule has 1 heterocycles. The van der Waals surface area contributed by atoms with Crippen molar-refractivity contribution in [1.82, 2.24) is 9.80 Å². The summed E-state index contributed by atoms with van der Waals surface area (Å²) in [5, 5.41) is 8.82. The Bertz CT molecular complexity index is 1010. The van der Waals surface area contributed by atoms with Gasteiger partial charge in [-0.2, -0.15) is 18.4 Å². The van der Waals surface area contributed by atoms with Crippen molar-refractivity contribution in [2.45, 2.75) is 25.6 Å². The van der Waals surface area contributed by atoms with Gasteiger partial charge >= 0.3 is 6.18 Å². The van der Waals surface area contributed by atoms with Gasteiger partial charge in [0.1, 0.15) is 6.54 Å². The van der Waals surface area contributed by atoms with Gasteiger partial charge in [0.25, 0.3) is 11.8 Å². The van der Waals surface area contributed by atoms with Crippen LogP contribution in [0.3, 0.4) is 0 Å². The molecule has 0 N–H and O–H groups in total. The summed E-state index contributed by atoms with van der Waals surface area (Å²) in [4.78, 5) is 38.9. The Morgan fingerprint density at radius 2 is 1.58 bits per heavy atom. The molecule has 0 atom stereocenters. The maximum absolute atomic E-state index is 13.0. The summed E-state index contributed by atoms with van der Waals surface area (Å²) in [6, 6.07) is 14.2. The topological polar surface area (TPSA) is 81.5 Å². The molecule has 2 aromatic carbocycles. The van der Waals surface area contributed by atoms with Gasteiger partial charge in [-0.1, -0.05) is 24.3 Å². The van der Waals surface area contributed by atoms with E-state index in [4.69, 9.17) is 5.26 Å². The number of hydrogen-bond acceptors (Lipinski definition) is 4. The van der Waals surface area contributed by atoms with Gasteiger partial charge in [0.15, 0.2) is 0 Å². The van der Waals surface area contributed by atoms with Crippen LogP contribution in [-0.2, 0) is 11.3 Å². The van der Waals surface area contributed by atoms with Crippen LogP contribution in [0.2, 0.25) is 0 Å². The first-order chi connectivity index (χ1) is 14.7. The van der Waals surface area contributed by atoms with Crippen LogP contribution in [-0.4, -0.2) is 46.8 Å². The van der Waals surface area contributed by atoms with E-state index in [9.17, 15) is 27.6 Å². The van der Waals surface area contributed by atoms with Crippen molar-refractivity contribution in [3.63, 3.8) is 0 Å². The number of carbonyl (C=O) groups excluding carboxylic acids is 3. The van der Waals surface area contributed by atoms with Gasteiger partial charge in [0, 0.05) is 19.5 Å². The molecule has 1 aliphatic rings. The van der Waals surface area contributed by atoms with Gasteiger partial charge in [-0.15, -0.1) is 0 Å². The number of nitrogens with zero attached hydrogens (tertiary/aromatic N) is 3. The maximum atomic E-state index is 13.0. The third-order valence-corrected chi connectivity index (χ3v) is 4.83. The van der Waals surface area contributed by atoms with Crippen molar-refractivity contribution in [2.75, 3.05) is 13.1 Å². The quantitative estimate of drug-likeness (QED) is 0.631. The van der Waals surface area contributed by atoms with Crippen molar-refractivity contribution in [1.29, 1.82) is 5.26 Å². The van der Waals surface area contributed by atoms with Gasteiger partial charge in [-0.05, 0) is 36.2 Å². The number of nitriles is 1. The van der Waals surface area contributed by atoms with Crippen LogP contribution in [0, 0.1) is 11.3 Å². The Labute approximate surface area is 176 Å². The number of imide groups is 1. The van der Waals surface area contributed by atoms with Crippen molar-refractivity contribution >= 4 is 17.7 Å². The number of halogens is 3. The molecule has 0 unspecified atom stereocenters. The Hall–Kier alpha value is -3.67. The molecule has 0 saturated heterocycles. The lowest BCUT2D eigenvalue weighted by Crippen LogP contribution is -2.39. The van der Waals surface area contributed by atoms with Gasteiger partial charge in [0.05, 0.1) is 22.8 Å². The molecule has 0 radical (unpaired) electrons. The van der Waals surface area contributed by atoms with Crippen LogP contribution in [0.1, 0.15) is 44.7 Å². The van der Waals surface area contributed by atoms with E-state index >= 15 is 0 Å². The van der Waals surface area contributed by atoms with Crippen LogP contribution in [0.5, 0.6) is 0 Å². The lowest BCUT2D eigenvalue weighted by atomic mass is 10.1. The van der Waals surface area contributed by atoms with Crippen LogP contribution >= 0.6 is 0 Å². The third kappa shape index (κ3) is 5.28. The largest absolute Gasteiger partial charge is 0.406 e. The molecular formula is C22H18F3N3O3. The molecule has 0 bridgehead atoms. The Kier molecular flexibility index (Phi) is 6.39. The lowest BCUT2D eigenvalue weighted by molar-refractivity contribution is -0.162. The van der Waals surface area contributed by atoms with Gasteiger partial charge in [-0.3, -0.25) is 19.3 Å². The first kappa shape index (κ1) is 22.0. The van der Waals surface area contributed by atoms with Gasteiger partial charge in [0.2, 0.25) is 5.91 Å². The highest BCUT2D eigenvalue weighted by Crippen LogP contribution is 2.23. The van der Waals surface area contributed by atoms with E-state index in [2.05, 4.69) is 0 Å². The van der Waals surface area contributed by atoms with E-state index in [1.807, 2.05) is 6.07 Å². The van der Waals surface area contributed by atoms with Crippen LogP contribution in [0.4, 0.5) is 13.2 Å². The predicted molar refractivity (Wildman–Crippen MR) is 104 cm³/mol. The molecular weight excluding hydrogens is 411 g/mol. The summed E-state index contributed by atoms with van der Waals surface area (Å²) < 4.78 is 38.9. The summed E-state index contributed by atoms with van der Waals surface area (Å²) in [5.74, 6) is -1.69. The summed E-state index contributed by atoms with van der Waals surface area (Å²) in [5.41, 5.74) is 1.37. The molecule has 0 aliphatic carbocycles. The molecule has 0 aromatic heterocycles. The molecule has 0 spiro atoms. The average molecular weight is 429 g/mol. The number of amides is 3. The highest BCUT2D eigenvalue weighted by molar-refractivity contribution is 6.21. The van der Waals surface area contributed by atoms with Crippen molar-refractivity contribution in [3.05, 3.63) is 70.8 Å². The van der Waals surface area contributed by atoms with E-state index in [0.717, 1.165) is 4.90 Å². The zero-order valence-corrected chi connectivity index (χ0v) is 16.4. The molecule has 3 rings (SSSR count). The highest BCUT2D eigenvalue weighted by atomic mass is 19.4. The second kappa shape index (κ2) is 9.00. The fraction of sp³-hybridized carbons (Fsp3) is 0.273. The van der Waals surface area contributed by atoms with Crippen LogP contribution in [0.15, 0.2) is 48.5 Å². The minimum atomic E-state index is -4.58. The smallest absolute Gasteiger partial charge is 0.329 e. The third-order valence-electron chi connectivity index (χ3n) is 4.83. The average Bonchev–Trinajstić information content (AvgIpc) is 2.98. The number of rotatable bonds is 7. The monoisotopic (exact) mass is 429 g/mol. The normalized spacial score (nSPS) is 13.2. The first-order valence-corrected chi connectivity index (χ1v) is 9.48. The molecule has 31 heavy (non-hydrogen) atoms. The lowest BCUT2D eigenvalue weighted by Gasteiger charge is -2.24. The molecule has 6 nitrogen and oxygen atoms in total. The Morgan fingerprint density at radius 3 is 2.10 bits per heavy atom. The molecule has 1 aliphatic heterocycles. The zero-order valence-electron chi connectivity index (χ0n) is 16.4. The van der Waals surface area contributed by atoms with E-state index in [-0.39, 0.29) is 37.1 Å². The molecule has 0 saturated carbocycles. The van der Waals surface area contributed by atoms with E-state index in [1.165, 1.54) is 36.4 Å². The SMILES string of the molecule is N#Cc1ccc(CN(CC(F)(F)F)C(=O)CCCN2C(=O)c3ccccc3C2=O)cc1. The minimum Gasteiger partial charge on any atom is -0.329 e. The Morgan fingerprint density at radius 1 is 1.00 bits per heavy atom. The summed E-state index contributed by atoms with van der Waals surface area (Å²) >= 11 is 0. The number of fused-ring (bicyclic) bond motifs is 1. The van der Waals surface area contributed by atoms with Crippen LogP contribution < -0.4 is 0 Å². The van der Waals surface area contributed by atoms with Crippen LogP contribution in [0.25, 0.3) is 0 Å². The molecule has 2 aromatic rings.